The van der Waals surface area contributed by atoms with Gasteiger partial charge in [0.05, 0.1) is 23.7 Å². The molecule has 0 amide bonds. The van der Waals surface area contributed by atoms with Crippen LogP contribution in [-0.4, -0.2) is 24.0 Å². The van der Waals surface area contributed by atoms with Crippen molar-refractivity contribution in [1.82, 2.24) is 0 Å². The van der Waals surface area contributed by atoms with Gasteiger partial charge in [-0.15, -0.1) is 0 Å². The van der Waals surface area contributed by atoms with E-state index in [1.807, 2.05) is 6.07 Å². The van der Waals surface area contributed by atoms with Crippen LogP contribution in [0.5, 0.6) is 0 Å². The number of esters is 1. The van der Waals surface area contributed by atoms with Gasteiger partial charge >= 0.3 is 5.97 Å². The average molecular weight is 249 g/mol. The number of hydrogen-bond donors (Lipinski definition) is 1. The average Bonchev–Trinajstić information content (AvgIpc) is 2.37. The zero-order valence-electron chi connectivity index (χ0n) is 9.84. The van der Waals surface area contributed by atoms with E-state index in [4.69, 9.17) is 5.26 Å². The molecule has 1 N–H and O–H groups in total. The number of anilines is 1. The van der Waals surface area contributed by atoms with Crippen molar-refractivity contribution in [2.24, 2.45) is 0 Å². The molecular formula is C11H11N3O4. The molecule has 1 atom stereocenters. The van der Waals surface area contributed by atoms with Crippen LogP contribution in [0.2, 0.25) is 0 Å². The van der Waals surface area contributed by atoms with Crippen LogP contribution in [-0.2, 0) is 9.53 Å². The summed E-state index contributed by atoms with van der Waals surface area (Å²) in [7, 11) is 1.23. The first kappa shape index (κ1) is 13.4. The third-order valence-corrected chi connectivity index (χ3v) is 2.25. The predicted molar refractivity (Wildman–Crippen MR) is 62.9 cm³/mol. The van der Waals surface area contributed by atoms with Gasteiger partial charge in [0.25, 0.3) is 5.69 Å². The van der Waals surface area contributed by atoms with Crippen LogP contribution in [0.1, 0.15) is 12.5 Å². The van der Waals surface area contributed by atoms with Crippen molar-refractivity contribution >= 4 is 17.3 Å². The van der Waals surface area contributed by atoms with Crippen LogP contribution in [0.4, 0.5) is 11.4 Å². The monoisotopic (exact) mass is 249 g/mol. The van der Waals surface area contributed by atoms with Gasteiger partial charge in [-0.1, -0.05) is 0 Å². The minimum absolute atomic E-state index is 0.164. The lowest BCUT2D eigenvalue weighted by Gasteiger charge is -2.12. The molecule has 1 rings (SSSR count). The Morgan fingerprint density at radius 2 is 2.28 bits per heavy atom. The first-order chi connectivity index (χ1) is 8.49. The molecule has 94 valence electrons. The molecule has 7 nitrogen and oxygen atoms in total. The van der Waals surface area contributed by atoms with Crippen molar-refractivity contribution in [2.45, 2.75) is 13.0 Å². The van der Waals surface area contributed by atoms with E-state index in [2.05, 4.69) is 10.1 Å². The number of carbonyl (C=O) groups excluding carboxylic acids is 1. The highest BCUT2D eigenvalue weighted by Gasteiger charge is 2.19. The van der Waals surface area contributed by atoms with Crippen molar-refractivity contribution in [1.29, 1.82) is 5.26 Å². The van der Waals surface area contributed by atoms with Gasteiger partial charge in [0, 0.05) is 6.07 Å². The van der Waals surface area contributed by atoms with E-state index >= 15 is 0 Å². The number of carbonyl (C=O) groups is 1. The number of nitrogens with zero attached hydrogens (tertiary/aromatic N) is 2. The number of methoxy groups -OCH3 is 1. The van der Waals surface area contributed by atoms with Crippen LogP contribution in [0, 0.1) is 21.4 Å². The van der Waals surface area contributed by atoms with Crippen LogP contribution in [0.15, 0.2) is 18.2 Å². The minimum atomic E-state index is -0.721. The smallest absolute Gasteiger partial charge is 0.327 e. The molecule has 0 radical (unpaired) electrons. The fourth-order valence-corrected chi connectivity index (χ4v) is 1.34. The maximum Gasteiger partial charge on any atom is 0.327 e. The van der Waals surface area contributed by atoms with E-state index < -0.39 is 16.9 Å². The molecule has 0 saturated carbocycles. The van der Waals surface area contributed by atoms with Crippen molar-refractivity contribution < 1.29 is 14.5 Å². The van der Waals surface area contributed by atoms with Gasteiger partial charge in [-0.05, 0) is 19.1 Å². The van der Waals surface area contributed by atoms with E-state index in [1.165, 1.54) is 26.2 Å². The molecule has 0 aliphatic rings. The van der Waals surface area contributed by atoms with Gasteiger partial charge in [0.15, 0.2) is 0 Å². The third kappa shape index (κ3) is 2.95. The zero-order valence-corrected chi connectivity index (χ0v) is 9.84. The molecule has 0 saturated heterocycles. The van der Waals surface area contributed by atoms with Crippen molar-refractivity contribution in [3.8, 4) is 6.07 Å². The summed E-state index contributed by atoms with van der Waals surface area (Å²) in [6, 6.07) is 5.05. The van der Waals surface area contributed by atoms with Crippen LogP contribution in [0.3, 0.4) is 0 Å². The molecule has 0 fully saturated rings. The molecule has 1 aromatic carbocycles. The Morgan fingerprint density at radius 3 is 2.78 bits per heavy atom. The summed E-state index contributed by atoms with van der Waals surface area (Å²) < 4.78 is 4.51. The fourth-order valence-electron chi connectivity index (χ4n) is 1.34. The number of nitrogens with one attached hydrogen (secondary N) is 1. The summed E-state index contributed by atoms with van der Waals surface area (Å²) in [6.45, 7) is 1.52. The Hall–Kier alpha value is -2.62. The molecule has 0 heterocycles. The summed E-state index contributed by atoms with van der Waals surface area (Å²) in [5.74, 6) is -0.534. The lowest BCUT2D eigenvalue weighted by atomic mass is 10.1. The Labute approximate surface area is 103 Å². The second-order valence-electron chi connectivity index (χ2n) is 3.49. The number of nitriles is 1. The van der Waals surface area contributed by atoms with Gasteiger partial charge in [0.1, 0.15) is 11.7 Å². The van der Waals surface area contributed by atoms with Gasteiger partial charge in [0.2, 0.25) is 0 Å². The van der Waals surface area contributed by atoms with Gasteiger partial charge in [-0.3, -0.25) is 10.1 Å². The number of benzene rings is 1. The first-order valence-corrected chi connectivity index (χ1v) is 5.02. The van der Waals surface area contributed by atoms with Gasteiger partial charge < -0.3 is 10.1 Å². The second kappa shape index (κ2) is 5.63. The maximum absolute atomic E-state index is 11.2. The van der Waals surface area contributed by atoms with E-state index in [1.54, 1.807) is 0 Å². The summed E-state index contributed by atoms with van der Waals surface area (Å²) in [5, 5.41) is 22.2. The second-order valence-corrected chi connectivity index (χ2v) is 3.49. The largest absolute Gasteiger partial charge is 0.467 e. The highest BCUT2D eigenvalue weighted by atomic mass is 16.6. The molecule has 0 aliphatic carbocycles. The number of rotatable bonds is 4. The Bertz CT molecular complexity index is 522. The molecule has 7 heteroatoms. The Kier molecular flexibility index (Phi) is 4.21. The first-order valence-electron chi connectivity index (χ1n) is 5.02. The third-order valence-electron chi connectivity index (χ3n) is 2.25. The quantitative estimate of drug-likeness (QED) is 0.491. The molecule has 1 aromatic rings. The highest BCUT2D eigenvalue weighted by Crippen LogP contribution is 2.26. The number of ether oxygens (including phenoxy) is 1. The molecule has 0 aliphatic heterocycles. The molecular weight excluding hydrogens is 238 g/mol. The Morgan fingerprint density at radius 1 is 1.61 bits per heavy atom. The minimum Gasteiger partial charge on any atom is -0.467 e. The van der Waals surface area contributed by atoms with Crippen LogP contribution in [0.25, 0.3) is 0 Å². The van der Waals surface area contributed by atoms with Crippen molar-refractivity contribution in [3.05, 3.63) is 33.9 Å². The summed E-state index contributed by atoms with van der Waals surface area (Å²) in [4.78, 5) is 21.4. The number of hydrogen-bond acceptors (Lipinski definition) is 6. The zero-order chi connectivity index (χ0) is 13.7. The van der Waals surface area contributed by atoms with E-state index in [0.717, 1.165) is 6.07 Å². The lowest BCUT2D eigenvalue weighted by molar-refractivity contribution is -0.384. The Balaban J connectivity index is 3.06. The standard InChI is InChI=1S/C11H11N3O4/c1-7(11(15)18-2)13-9-4-3-8(6-12)5-10(9)14(16)17/h3-5,7,13H,1-2H3. The van der Waals surface area contributed by atoms with E-state index in [9.17, 15) is 14.9 Å². The number of nitro benzene ring substituents is 1. The molecule has 18 heavy (non-hydrogen) atoms. The molecule has 1 unspecified atom stereocenters. The lowest BCUT2D eigenvalue weighted by Crippen LogP contribution is -2.27. The topological polar surface area (TPSA) is 105 Å². The highest BCUT2D eigenvalue weighted by molar-refractivity contribution is 5.80. The summed E-state index contributed by atoms with van der Waals surface area (Å²) in [6.07, 6.45) is 0. The summed E-state index contributed by atoms with van der Waals surface area (Å²) >= 11 is 0. The van der Waals surface area contributed by atoms with Gasteiger partial charge in [-0.2, -0.15) is 5.26 Å². The summed E-state index contributed by atoms with van der Waals surface area (Å²) in [5.41, 5.74) is 0.0830. The molecule has 0 bridgehead atoms. The van der Waals surface area contributed by atoms with Crippen molar-refractivity contribution in [3.63, 3.8) is 0 Å². The maximum atomic E-state index is 11.2. The molecule has 0 aromatic heterocycles. The fraction of sp³-hybridized carbons (Fsp3) is 0.273. The van der Waals surface area contributed by atoms with E-state index in [-0.39, 0.29) is 16.9 Å². The number of nitro groups is 1. The van der Waals surface area contributed by atoms with E-state index in [0.29, 0.717) is 0 Å². The molecule has 0 spiro atoms. The predicted octanol–water partition coefficient (Wildman–Crippen LogP) is 1.44. The van der Waals surface area contributed by atoms with Crippen LogP contribution >= 0.6 is 0 Å². The van der Waals surface area contributed by atoms with Crippen LogP contribution < -0.4 is 5.32 Å². The van der Waals surface area contributed by atoms with Gasteiger partial charge in [-0.25, -0.2) is 4.79 Å². The normalized spacial score (nSPS) is 11.2. The SMILES string of the molecule is COC(=O)C(C)Nc1ccc(C#N)cc1[N+](=O)[O-]. The van der Waals surface area contributed by atoms with Crippen molar-refractivity contribution in [2.75, 3.05) is 12.4 Å².